The van der Waals surface area contributed by atoms with Gasteiger partial charge >= 0.3 is 5.97 Å². The first kappa shape index (κ1) is 11.7. The average molecular weight is 272 g/mol. The molecule has 0 aliphatic carbocycles. The summed E-state index contributed by atoms with van der Waals surface area (Å²) in [5, 5.41) is 11.5. The Balaban J connectivity index is 3.38. The van der Waals surface area contributed by atoms with Gasteiger partial charge in [-0.05, 0) is 34.5 Å². The van der Waals surface area contributed by atoms with Gasteiger partial charge in [0.25, 0.3) is 0 Å². The van der Waals surface area contributed by atoms with Gasteiger partial charge < -0.3 is 10.4 Å². The van der Waals surface area contributed by atoms with Crippen LogP contribution in [0.25, 0.3) is 0 Å². The summed E-state index contributed by atoms with van der Waals surface area (Å²) in [4.78, 5) is 21.9. The Morgan fingerprint density at radius 1 is 1.40 bits per heavy atom. The molecule has 0 heterocycles. The lowest BCUT2D eigenvalue weighted by Crippen LogP contribution is -2.12. The summed E-state index contributed by atoms with van der Waals surface area (Å²) in [5.74, 6) is -1.37. The van der Waals surface area contributed by atoms with Gasteiger partial charge in [0.05, 0.1) is 11.3 Å². The summed E-state index contributed by atoms with van der Waals surface area (Å²) in [6.07, 6.45) is 0. The third-order valence-electron chi connectivity index (χ3n) is 1.88. The van der Waals surface area contributed by atoms with Crippen LogP contribution in [-0.2, 0) is 4.79 Å². The third kappa shape index (κ3) is 2.56. The first-order valence-electron chi connectivity index (χ1n) is 4.23. The molecular weight excluding hydrogens is 262 g/mol. The van der Waals surface area contributed by atoms with E-state index in [0.717, 1.165) is 0 Å². The SMILES string of the molecule is CC(=O)Nc1c(C)ccc(Br)c1C(=O)O. The fourth-order valence-electron chi connectivity index (χ4n) is 1.23. The first-order valence-corrected chi connectivity index (χ1v) is 5.02. The van der Waals surface area contributed by atoms with Crippen molar-refractivity contribution in [1.29, 1.82) is 0 Å². The molecule has 0 radical (unpaired) electrons. The number of carbonyl (C=O) groups excluding carboxylic acids is 1. The standard InChI is InChI=1S/C10H10BrNO3/c1-5-3-4-7(11)8(10(14)15)9(5)12-6(2)13/h3-4H,1-2H3,(H,12,13)(H,14,15). The zero-order chi connectivity index (χ0) is 11.6. The van der Waals surface area contributed by atoms with E-state index in [1.165, 1.54) is 6.92 Å². The van der Waals surface area contributed by atoms with E-state index in [-0.39, 0.29) is 11.5 Å². The van der Waals surface area contributed by atoms with Crippen molar-refractivity contribution < 1.29 is 14.7 Å². The van der Waals surface area contributed by atoms with Crippen molar-refractivity contribution in [2.45, 2.75) is 13.8 Å². The van der Waals surface area contributed by atoms with Gasteiger partial charge in [-0.15, -0.1) is 0 Å². The van der Waals surface area contributed by atoms with Crippen LogP contribution in [0.1, 0.15) is 22.8 Å². The lowest BCUT2D eigenvalue weighted by molar-refractivity contribution is -0.114. The number of aromatic carboxylic acids is 1. The van der Waals surface area contributed by atoms with E-state index in [4.69, 9.17) is 5.11 Å². The molecule has 0 bridgehead atoms. The van der Waals surface area contributed by atoms with Crippen LogP contribution >= 0.6 is 15.9 Å². The number of hydrogen-bond donors (Lipinski definition) is 2. The Hall–Kier alpha value is -1.36. The highest BCUT2D eigenvalue weighted by Gasteiger charge is 2.16. The smallest absolute Gasteiger partial charge is 0.338 e. The van der Waals surface area contributed by atoms with E-state index < -0.39 is 5.97 Å². The van der Waals surface area contributed by atoms with E-state index in [2.05, 4.69) is 21.2 Å². The van der Waals surface area contributed by atoms with Gasteiger partial charge in [-0.1, -0.05) is 6.07 Å². The van der Waals surface area contributed by atoms with Crippen molar-refractivity contribution in [2.75, 3.05) is 5.32 Å². The number of carboxylic acids is 1. The molecule has 0 unspecified atom stereocenters. The topological polar surface area (TPSA) is 66.4 Å². The molecule has 1 aromatic rings. The Kier molecular flexibility index (Phi) is 3.47. The van der Waals surface area contributed by atoms with E-state index >= 15 is 0 Å². The zero-order valence-corrected chi connectivity index (χ0v) is 9.88. The number of anilines is 1. The van der Waals surface area contributed by atoms with Gasteiger partial charge in [0.1, 0.15) is 0 Å². The molecule has 80 valence electrons. The average Bonchev–Trinajstić information content (AvgIpc) is 2.10. The van der Waals surface area contributed by atoms with Crippen LogP contribution in [0.3, 0.4) is 0 Å². The molecule has 0 aliphatic heterocycles. The maximum Gasteiger partial charge on any atom is 0.338 e. The molecule has 0 aromatic heterocycles. The molecular formula is C10H10BrNO3. The summed E-state index contributed by atoms with van der Waals surface area (Å²) < 4.78 is 0.448. The molecule has 1 aromatic carbocycles. The fourth-order valence-corrected chi connectivity index (χ4v) is 1.73. The molecule has 1 amide bonds. The van der Waals surface area contributed by atoms with E-state index in [1.807, 2.05) is 0 Å². The summed E-state index contributed by atoms with van der Waals surface area (Å²) in [5.41, 5.74) is 1.13. The number of amides is 1. The summed E-state index contributed by atoms with van der Waals surface area (Å²) in [6.45, 7) is 3.08. The monoisotopic (exact) mass is 271 g/mol. The van der Waals surface area contributed by atoms with Crippen molar-refractivity contribution in [2.24, 2.45) is 0 Å². The van der Waals surface area contributed by atoms with E-state index in [1.54, 1.807) is 19.1 Å². The van der Waals surface area contributed by atoms with Gasteiger partial charge in [-0.25, -0.2) is 4.79 Å². The Bertz CT molecular complexity index is 429. The quantitative estimate of drug-likeness (QED) is 0.868. The second-order valence-electron chi connectivity index (χ2n) is 3.10. The van der Waals surface area contributed by atoms with Crippen molar-refractivity contribution in [3.05, 3.63) is 27.7 Å². The predicted octanol–water partition coefficient (Wildman–Crippen LogP) is 2.41. The molecule has 0 atom stereocenters. The minimum atomic E-state index is -1.07. The number of nitrogens with one attached hydrogen (secondary N) is 1. The lowest BCUT2D eigenvalue weighted by Gasteiger charge is -2.11. The van der Waals surface area contributed by atoms with E-state index in [0.29, 0.717) is 15.7 Å². The lowest BCUT2D eigenvalue weighted by atomic mass is 10.1. The second kappa shape index (κ2) is 4.44. The summed E-state index contributed by atoms with van der Waals surface area (Å²) in [6, 6.07) is 3.38. The predicted molar refractivity (Wildman–Crippen MR) is 60.1 cm³/mol. The number of halogens is 1. The normalized spacial score (nSPS) is 9.80. The first-order chi connectivity index (χ1) is 6.93. The number of aryl methyl sites for hydroxylation is 1. The van der Waals surface area contributed by atoms with Crippen LogP contribution in [0.15, 0.2) is 16.6 Å². The number of carboxylic acid groups (broad SMARTS) is 1. The van der Waals surface area contributed by atoms with Gasteiger partial charge in [0, 0.05) is 11.4 Å². The van der Waals surface area contributed by atoms with Crippen LogP contribution in [0.2, 0.25) is 0 Å². The molecule has 1 rings (SSSR count). The van der Waals surface area contributed by atoms with Gasteiger partial charge in [0.15, 0.2) is 0 Å². The molecule has 2 N–H and O–H groups in total. The largest absolute Gasteiger partial charge is 0.478 e. The maximum absolute atomic E-state index is 11.0. The Labute approximate surface area is 95.4 Å². The number of rotatable bonds is 2. The van der Waals surface area contributed by atoms with Crippen LogP contribution in [-0.4, -0.2) is 17.0 Å². The maximum atomic E-state index is 11.0. The summed E-state index contributed by atoms with van der Waals surface area (Å²) >= 11 is 3.14. The third-order valence-corrected chi connectivity index (χ3v) is 2.54. The second-order valence-corrected chi connectivity index (χ2v) is 3.95. The van der Waals surface area contributed by atoms with Crippen LogP contribution < -0.4 is 5.32 Å². The minimum Gasteiger partial charge on any atom is -0.478 e. The van der Waals surface area contributed by atoms with Gasteiger partial charge in [-0.3, -0.25) is 4.79 Å². The van der Waals surface area contributed by atoms with Crippen LogP contribution in [0.5, 0.6) is 0 Å². The highest BCUT2D eigenvalue weighted by Crippen LogP contribution is 2.28. The minimum absolute atomic E-state index is 0.0743. The molecule has 0 spiro atoms. The van der Waals surface area contributed by atoms with Crippen molar-refractivity contribution in [3.63, 3.8) is 0 Å². The van der Waals surface area contributed by atoms with Gasteiger partial charge in [0.2, 0.25) is 5.91 Å². The molecule has 0 saturated heterocycles. The van der Waals surface area contributed by atoms with Crippen LogP contribution in [0.4, 0.5) is 5.69 Å². The fraction of sp³-hybridized carbons (Fsp3) is 0.200. The van der Waals surface area contributed by atoms with Crippen molar-refractivity contribution in [3.8, 4) is 0 Å². The highest BCUT2D eigenvalue weighted by molar-refractivity contribution is 9.10. The Morgan fingerprint density at radius 3 is 2.47 bits per heavy atom. The zero-order valence-electron chi connectivity index (χ0n) is 8.30. The summed E-state index contributed by atoms with van der Waals surface area (Å²) in [7, 11) is 0. The molecule has 0 aliphatic rings. The van der Waals surface area contributed by atoms with Crippen molar-refractivity contribution in [1.82, 2.24) is 0 Å². The van der Waals surface area contributed by atoms with Crippen LogP contribution in [0, 0.1) is 6.92 Å². The molecule has 4 nitrogen and oxygen atoms in total. The molecule has 0 fully saturated rings. The number of carbonyl (C=O) groups is 2. The van der Waals surface area contributed by atoms with Crippen molar-refractivity contribution >= 4 is 33.5 Å². The Morgan fingerprint density at radius 2 is 2.00 bits per heavy atom. The number of benzene rings is 1. The molecule has 5 heteroatoms. The van der Waals surface area contributed by atoms with E-state index in [9.17, 15) is 9.59 Å². The molecule has 0 saturated carbocycles. The number of hydrogen-bond acceptors (Lipinski definition) is 2. The molecule has 15 heavy (non-hydrogen) atoms. The van der Waals surface area contributed by atoms with Gasteiger partial charge in [-0.2, -0.15) is 0 Å². The highest BCUT2D eigenvalue weighted by atomic mass is 79.9.